The molecule has 0 aromatic heterocycles. The fourth-order valence-electron chi connectivity index (χ4n) is 2.36. The molecular formula is C14H19NO. The molecule has 1 unspecified atom stereocenters. The number of hydrogen-bond donors (Lipinski definition) is 1. The van der Waals surface area contributed by atoms with Crippen molar-refractivity contribution in [2.24, 2.45) is 5.41 Å². The lowest BCUT2D eigenvalue weighted by Crippen LogP contribution is -2.27. The maximum atomic E-state index is 10.8. The third kappa shape index (κ3) is 1.97. The Kier molecular flexibility index (Phi) is 2.99. The quantitative estimate of drug-likeness (QED) is 0.755. The average molecular weight is 217 g/mol. The fourth-order valence-corrected chi connectivity index (χ4v) is 2.36. The van der Waals surface area contributed by atoms with Crippen LogP contribution in [0.25, 0.3) is 0 Å². The summed E-state index contributed by atoms with van der Waals surface area (Å²) in [4.78, 5) is 10.8. The summed E-state index contributed by atoms with van der Waals surface area (Å²) in [6.07, 6.45) is 4.26. The van der Waals surface area contributed by atoms with Crippen molar-refractivity contribution in [2.75, 3.05) is 0 Å². The normalized spacial score (nSPS) is 18.9. The van der Waals surface area contributed by atoms with E-state index in [1.807, 2.05) is 0 Å². The van der Waals surface area contributed by atoms with Crippen LogP contribution in [0.3, 0.4) is 0 Å². The van der Waals surface area contributed by atoms with Gasteiger partial charge in [0.2, 0.25) is 6.41 Å². The maximum Gasteiger partial charge on any atom is 0.207 e. The van der Waals surface area contributed by atoms with Crippen LogP contribution in [0, 0.1) is 5.41 Å². The van der Waals surface area contributed by atoms with Crippen molar-refractivity contribution in [3.8, 4) is 0 Å². The molecule has 2 nitrogen and oxygen atoms in total. The van der Waals surface area contributed by atoms with E-state index in [1.165, 1.54) is 24.0 Å². The van der Waals surface area contributed by atoms with E-state index >= 15 is 0 Å². The van der Waals surface area contributed by atoms with Crippen LogP contribution < -0.4 is 5.32 Å². The third-order valence-corrected chi connectivity index (χ3v) is 3.72. The third-order valence-electron chi connectivity index (χ3n) is 3.72. The topological polar surface area (TPSA) is 29.1 Å². The van der Waals surface area contributed by atoms with Gasteiger partial charge in [0.25, 0.3) is 0 Å². The molecule has 1 aromatic carbocycles. The zero-order chi connectivity index (χ0) is 11.6. The molecule has 0 radical (unpaired) electrons. The molecule has 0 saturated heterocycles. The van der Waals surface area contributed by atoms with E-state index in [0.717, 1.165) is 12.8 Å². The van der Waals surface area contributed by atoms with E-state index in [9.17, 15) is 4.79 Å². The SMILES string of the molecule is CCc1ccccc1C(NC=O)C1(C)CC1. The van der Waals surface area contributed by atoms with Gasteiger partial charge in [-0.15, -0.1) is 0 Å². The van der Waals surface area contributed by atoms with Crippen molar-refractivity contribution in [1.82, 2.24) is 5.32 Å². The van der Waals surface area contributed by atoms with Crippen molar-refractivity contribution >= 4 is 6.41 Å². The van der Waals surface area contributed by atoms with E-state index in [2.05, 4.69) is 43.4 Å². The molecule has 1 aromatic rings. The maximum absolute atomic E-state index is 10.8. The van der Waals surface area contributed by atoms with Gasteiger partial charge >= 0.3 is 0 Å². The van der Waals surface area contributed by atoms with Crippen molar-refractivity contribution in [1.29, 1.82) is 0 Å². The van der Waals surface area contributed by atoms with Crippen molar-refractivity contribution in [3.05, 3.63) is 35.4 Å². The Hall–Kier alpha value is -1.31. The summed E-state index contributed by atoms with van der Waals surface area (Å²) >= 11 is 0. The number of benzene rings is 1. The number of nitrogens with one attached hydrogen (secondary N) is 1. The molecule has 1 saturated carbocycles. The van der Waals surface area contributed by atoms with Crippen LogP contribution in [0.5, 0.6) is 0 Å². The van der Waals surface area contributed by atoms with Crippen LogP contribution >= 0.6 is 0 Å². The Morgan fingerprint density at radius 2 is 2.12 bits per heavy atom. The lowest BCUT2D eigenvalue weighted by molar-refractivity contribution is -0.110. The zero-order valence-corrected chi connectivity index (χ0v) is 9.99. The molecule has 2 rings (SSSR count). The smallest absolute Gasteiger partial charge is 0.207 e. The minimum atomic E-state index is 0.182. The Bertz CT molecular complexity index is 382. The van der Waals surface area contributed by atoms with Gasteiger partial charge < -0.3 is 5.32 Å². The van der Waals surface area contributed by atoms with E-state index in [4.69, 9.17) is 0 Å². The minimum Gasteiger partial charge on any atom is -0.351 e. The summed E-state index contributed by atoms with van der Waals surface area (Å²) < 4.78 is 0. The van der Waals surface area contributed by atoms with E-state index in [1.54, 1.807) is 0 Å². The first-order chi connectivity index (χ1) is 7.71. The average Bonchev–Trinajstić information content (AvgIpc) is 3.05. The van der Waals surface area contributed by atoms with Crippen LogP contribution in [-0.2, 0) is 11.2 Å². The predicted octanol–water partition coefficient (Wildman–Crippen LogP) is 2.84. The monoisotopic (exact) mass is 217 g/mol. The molecule has 0 aliphatic heterocycles. The molecule has 0 bridgehead atoms. The van der Waals surface area contributed by atoms with E-state index in [0.29, 0.717) is 0 Å². The summed E-state index contributed by atoms with van der Waals surface area (Å²) in [5.41, 5.74) is 2.90. The van der Waals surface area contributed by atoms with Crippen molar-refractivity contribution in [2.45, 2.75) is 39.2 Å². The van der Waals surface area contributed by atoms with Crippen molar-refractivity contribution < 1.29 is 4.79 Å². The summed E-state index contributed by atoms with van der Waals surface area (Å²) in [5, 5.41) is 3.00. The van der Waals surface area contributed by atoms with Gasteiger partial charge in [-0.25, -0.2) is 0 Å². The standard InChI is InChI=1S/C14H19NO/c1-3-11-6-4-5-7-12(11)13(15-10-16)14(2)8-9-14/h4-7,10,13H,3,8-9H2,1-2H3,(H,15,16). The molecule has 1 amide bonds. The highest BCUT2D eigenvalue weighted by molar-refractivity contribution is 5.49. The number of hydrogen-bond acceptors (Lipinski definition) is 1. The summed E-state index contributed by atoms with van der Waals surface area (Å²) in [6.45, 7) is 4.41. The predicted molar refractivity (Wildman–Crippen MR) is 65.1 cm³/mol. The molecule has 16 heavy (non-hydrogen) atoms. The van der Waals surface area contributed by atoms with Crippen LogP contribution in [0.2, 0.25) is 0 Å². The lowest BCUT2D eigenvalue weighted by Gasteiger charge is -2.25. The highest BCUT2D eigenvalue weighted by Gasteiger charge is 2.45. The number of rotatable bonds is 5. The molecule has 86 valence electrons. The number of carbonyl (C=O) groups is 1. The largest absolute Gasteiger partial charge is 0.351 e. The molecule has 1 fully saturated rings. The number of amides is 1. The van der Waals surface area contributed by atoms with Crippen molar-refractivity contribution in [3.63, 3.8) is 0 Å². The Labute approximate surface area is 97.1 Å². The van der Waals surface area contributed by atoms with Crippen LogP contribution in [0.4, 0.5) is 0 Å². The molecule has 2 heteroatoms. The molecule has 0 spiro atoms. The molecule has 1 N–H and O–H groups in total. The second kappa shape index (κ2) is 4.28. The van der Waals surface area contributed by atoms with Gasteiger partial charge in [0.1, 0.15) is 0 Å². The Morgan fingerprint density at radius 3 is 2.69 bits per heavy atom. The van der Waals surface area contributed by atoms with Gasteiger partial charge in [0.05, 0.1) is 6.04 Å². The summed E-state index contributed by atoms with van der Waals surface area (Å²) in [5.74, 6) is 0. The Morgan fingerprint density at radius 1 is 1.44 bits per heavy atom. The van der Waals surface area contributed by atoms with Crippen LogP contribution in [-0.4, -0.2) is 6.41 Å². The lowest BCUT2D eigenvalue weighted by atomic mass is 9.88. The van der Waals surface area contributed by atoms with E-state index in [-0.39, 0.29) is 11.5 Å². The molecule has 0 heterocycles. The fraction of sp³-hybridized carbons (Fsp3) is 0.500. The zero-order valence-electron chi connectivity index (χ0n) is 9.99. The first-order valence-corrected chi connectivity index (χ1v) is 5.99. The van der Waals surface area contributed by atoms with Gasteiger partial charge in [-0.3, -0.25) is 4.79 Å². The number of aryl methyl sites for hydroxylation is 1. The molecule has 1 aliphatic carbocycles. The van der Waals surface area contributed by atoms with Crippen LogP contribution in [0.15, 0.2) is 24.3 Å². The van der Waals surface area contributed by atoms with Gasteiger partial charge in [-0.1, -0.05) is 38.1 Å². The van der Waals surface area contributed by atoms with Gasteiger partial charge in [-0.2, -0.15) is 0 Å². The van der Waals surface area contributed by atoms with Gasteiger partial charge in [0, 0.05) is 0 Å². The summed E-state index contributed by atoms with van der Waals surface area (Å²) in [6, 6.07) is 8.60. The van der Waals surface area contributed by atoms with Gasteiger partial charge in [-0.05, 0) is 35.8 Å². The summed E-state index contributed by atoms with van der Waals surface area (Å²) in [7, 11) is 0. The first kappa shape index (κ1) is 11.2. The second-order valence-electron chi connectivity index (χ2n) is 4.92. The molecule has 1 atom stereocenters. The van der Waals surface area contributed by atoms with Crippen LogP contribution in [0.1, 0.15) is 43.9 Å². The molecular weight excluding hydrogens is 198 g/mol. The number of carbonyl (C=O) groups excluding carboxylic acids is 1. The second-order valence-corrected chi connectivity index (χ2v) is 4.92. The highest BCUT2D eigenvalue weighted by atomic mass is 16.1. The Balaban J connectivity index is 2.34. The first-order valence-electron chi connectivity index (χ1n) is 5.99. The van der Waals surface area contributed by atoms with E-state index < -0.39 is 0 Å². The van der Waals surface area contributed by atoms with Gasteiger partial charge in [0.15, 0.2) is 0 Å². The minimum absolute atomic E-state index is 0.182. The highest BCUT2D eigenvalue weighted by Crippen LogP contribution is 2.54. The molecule has 1 aliphatic rings.